The molecule has 3 nitrogen and oxygen atoms in total. The van der Waals surface area contributed by atoms with Crippen LogP contribution in [-0.2, 0) is 5.54 Å². The maximum Gasteiger partial charge on any atom is 0.252 e. The number of nitriles is 1. The van der Waals surface area contributed by atoms with E-state index in [-0.39, 0.29) is 11.4 Å². The number of hydrogen-bond acceptors (Lipinski definition) is 3. The smallest absolute Gasteiger partial charge is 0.252 e. The minimum absolute atomic E-state index is 0.0604. The van der Waals surface area contributed by atoms with Crippen LogP contribution in [0.3, 0.4) is 0 Å². The summed E-state index contributed by atoms with van der Waals surface area (Å²) in [6.45, 7) is 0. The van der Waals surface area contributed by atoms with Crippen LogP contribution in [0.5, 0.6) is 0 Å². The van der Waals surface area contributed by atoms with Gasteiger partial charge in [-0.1, -0.05) is 18.9 Å². The zero-order chi connectivity index (χ0) is 14.7. The lowest BCUT2D eigenvalue weighted by atomic mass is 9.94. The third-order valence-corrected chi connectivity index (χ3v) is 5.15. The first-order valence-corrected chi connectivity index (χ1v) is 7.98. The Bertz CT molecular complexity index is 662. The van der Waals surface area contributed by atoms with Crippen molar-refractivity contribution in [2.45, 2.75) is 31.2 Å². The van der Waals surface area contributed by atoms with Gasteiger partial charge in [0.2, 0.25) is 0 Å². The van der Waals surface area contributed by atoms with Crippen molar-refractivity contribution in [3.05, 3.63) is 57.8 Å². The summed E-state index contributed by atoms with van der Waals surface area (Å²) in [5.41, 5.74) is 0.969. The zero-order valence-electron chi connectivity index (χ0n) is 11.6. The van der Waals surface area contributed by atoms with E-state index in [0.29, 0.717) is 11.1 Å². The van der Waals surface area contributed by atoms with Crippen LogP contribution < -0.4 is 5.32 Å². The van der Waals surface area contributed by atoms with Gasteiger partial charge in [-0.05, 0) is 48.6 Å². The Labute approximate surface area is 128 Å². The van der Waals surface area contributed by atoms with E-state index in [2.05, 4.69) is 22.8 Å². The molecule has 21 heavy (non-hydrogen) atoms. The largest absolute Gasteiger partial charge is 0.342 e. The second-order valence-electron chi connectivity index (χ2n) is 5.41. The highest BCUT2D eigenvalue weighted by atomic mass is 32.1. The summed E-state index contributed by atoms with van der Waals surface area (Å²) in [6.07, 6.45) is 4.28. The molecule has 3 rings (SSSR count). The van der Waals surface area contributed by atoms with Gasteiger partial charge in [-0.2, -0.15) is 5.26 Å². The number of hydrogen-bond donors (Lipinski definition) is 1. The summed E-state index contributed by atoms with van der Waals surface area (Å²) in [5, 5.41) is 14.1. The summed E-state index contributed by atoms with van der Waals surface area (Å²) >= 11 is 1.70. The molecule has 1 aromatic carbocycles. The first kappa shape index (κ1) is 13.8. The number of carbonyl (C=O) groups is 1. The molecule has 1 heterocycles. The number of amides is 1. The number of benzene rings is 1. The number of nitrogens with one attached hydrogen (secondary N) is 1. The predicted molar refractivity (Wildman–Crippen MR) is 83.1 cm³/mol. The fraction of sp³-hybridized carbons (Fsp3) is 0.294. The van der Waals surface area contributed by atoms with E-state index in [4.69, 9.17) is 5.26 Å². The minimum atomic E-state index is -0.209. The van der Waals surface area contributed by atoms with Crippen LogP contribution in [0.4, 0.5) is 0 Å². The highest BCUT2D eigenvalue weighted by Crippen LogP contribution is 2.41. The van der Waals surface area contributed by atoms with Crippen LogP contribution >= 0.6 is 11.3 Å². The molecule has 1 fully saturated rings. The summed E-state index contributed by atoms with van der Waals surface area (Å²) in [6, 6.07) is 13.0. The van der Waals surface area contributed by atoms with Gasteiger partial charge in [0.25, 0.3) is 5.91 Å². The van der Waals surface area contributed by atoms with Gasteiger partial charge < -0.3 is 5.32 Å². The summed E-state index contributed by atoms with van der Waals surface area (Å²) in [7, 11) is 0. The lowest BCUT2D eigenvalue weighted by Gasteiger charge is -2.29. The monoisotopic (exact) mass is 296 g/mol. The van der Waals surface area contributed by atoms with Gasteiger partial charge in [0.15, 0.2) is 0 Å². The molecule has 0 saturated heterocycles. The Kier molecular flexibility index (Phi) is 3.76. The molecule has 0 radical (unpaired) electrons. The van der Waals surface area contributed by atoms with Gasteiger partial charge in [-0.25, -0.2) is 0 Å². The van der Waals surface area contributed by atoms with Crippen LogP contribution in [0.15, 0.2) is 41.8 Å². The number of rotatable bonds is 3. The Morgan fingerprint density at radius 1 is 1.19 bits per heavy atom. The fourth-order valence-corrected chi connectivity index (χ4v) is 3.89. The Morgan fingerprint density at radius 3 is 2.48 bits per heavy atom. The van der Waals surface area contributed by atoms with E-state index >= 15 is 0 Å². The fourth-order valence-electron chi connectivity index (χ4n) is 2.95. The third kappa shape index (κ3) is 2.70. The van der Waals surface area contributed by atoms with Crippen LogP contribution in [-0.4, -0.2) is 5.91 Å². The highest BCUT2D eigenvalue weighted by molar-refractivity contribution is 7.10. The van der Waals surface area contributed by atoms with Crippen molar-refractivity contribution in [1.29, 1.82) is 5.26 Å². The maximum atomic E-state index is 12.5. The average Bonchev–Trinajstić information content (AvgIpc) is 3.19. The molecule has 1 saturated carbocycles. The maximum absolute atomic E-state index is 12.5. The van der Waals surface area contributed by atoms with E-state index in [0.717, 1.165) is 25.7 Å². The molecule has 4 heteroatoms. The van der Waals surface area contributed by atoms with E-state index in [1.54, 1.807) is 35.6 Å². The molecule has 1 aliphatic rings. The van der Waals surface area contributed by atoms with Crippen molar-refractivity contribution >= 4 is 17.2 Å². The van der Waals surface area contributed by atoms with Crippen LogP contribution in [0, 0.1) is 11.3 Å². The van der Waals surface area contributed by atoms with Gasteiger partial charge in [-0.3, -0.25) is 4.79 Å². The molecule has 2 aromatic rings. The first-order valence-electron chi connectivity index (χ1n) is 7.10. The highest BCUT2D eigenvalue weighted by Gasteiger charge is 2.37. The molecular formula is C17H16N2OS. The molecular weight excluding hydrogens is 280 g/mol. The third-order valence-electron chi connectivity index (χ3n) is 4.08. The second kappa shape index (κ2) is 5.71. The van der Waals surface area contributed by atoms with Crippen molar-refractivity contribution in [3.8, 4) is 6.07 Å². The van der Waals surface area contributed by atoms with Crippen LogP contribution in [0.1, 0.15) is 46.5 Å². The molecule has 0 bridgehead atoms. The number of carbonyl (C=O) groups excluding carboxylic acids is 1. The van der Waals surface area contributed by atoms with Crippen LogP contribution in [0.2, 0.25) is 0 Å². The van der Waals surface area contributed by atoms with Crippen molar-refractivity contribution in [1.82, 2.24) is 5.32 Å². The van der Waals surface area contributed by atoms with E-state index in [1.165, 1.54) is 4.88 Å². The van der Waals surface area contributed by atoms with Gasteiger partial charge in [0.1, 0.15) is 0 Å². The molecule has 0 spiro atoms. The van der Waals surface area contributed by atoms with Gasteiger partial charge in [0.05, 0.1) is 17.2 Å². The lowest BCUT2D eigenvalue weighted by molar-refractivity contribution is 0.0900. The number of nitrogens with zero attached hydrogens (tertiary/aromatic N) is 1. The van der Waals surface area contributed by atoms with Crippen molar-refractivity contribution in [2.75, 3.05) is 0 Å². The summed E-state index contributed by atoms with van der Waals surface area (Å²) < 4.78 is 0. The predicted octanol–water partition coefficient (Wildman–Crippen LogP) is 3.82. The minimum Gasteiger partial charge on any atom is -0.342 e. The molecule has 1 amide bonds. The van der Waals surface area contributed by atoms with E-state index in [9.17, 15) is 4.79 Å². The summed E-state index contributed by atoms with van der Waals surface area (Å²) in [4.78, 5) is 13.7. The molecule has 1 aliphatic carbocycles. The Morgan fingerprint density at radius 2 is 1.90 bits per heavy atom. The van der Waals surface area contributed by atoms with Gasteiger partial charge >= 0.3 is 0 Å². The van der Waals surface area contributed by atoms with Crippen LogP contribution in [0.25, 0.3) is 0 Å². The standard InChI is InChI=1S/C17H16N2OS/c18-12-13-5-7-14(8-6-13)16(20)19-17(9-1-2-10-17)15-4-3-11-21-15/h3-8,11H,1-2,9-10H2,(H,19,20). The van der Waals surface area contributed by atoms with Crippen molar-refractivity contribution < 1.29 is 4.79 Å². The lowest BCUT2D eigenvalue weighted by Crippen LogP contribution is -2.43. The molecule has 1 aromatic heterocycles. The average molecular weight is 296 g/mol. The Hall–Kier alpha value is -2.12. The SMILES string of the molecule is N#Cc1ccc(C(=O)NC2(c3cccs3)CCCC2)cc1. The topological polar surface area (TPSA) is 52.9 Å². The first-order chi connectivity index (χ1) is 10.2. The molecule has 0 atom stereocenters. The van der Waals surface area contributed by atoms with Crippen molar-refractivity contribution in [2.24, 2.45) is 0 Å². The van der Waals surface area contributed by atoms with Gasteiger partial charge in [-0.15, -0.1) is 11.3 Å². The second-order valence-corrected chi connectivity index (χ2v) is 6.36. The van der Waals surface area contributed by atoms with Crippen molar-refractivity contribution in [3.63, 3.8) is 0 Å². The normalized spacial score (nSPS) is 16.3. The van der Waals surface area contributed by atoms with Gasteiger partial charge in [0, 0.05) is 10.4 Å². The van der Waals surface area contributed by atoms with E-state index < -0.39 is 0 Å². The molecule has 0 aliphatic heterocycles. The molecule has 106 valence electrons. The molecule has 1 N–H and O–H groups in total. The Balaban J connectivity index is 1.83. The number of thiophene rings is 1. The summed E-state index contributed by atoms with van der Waals surface area (Å²) in [5.74, 6) is -0.0604. The molecule has 0 unspecified atom stereocenters. The zero-order valence-corrected chi connectivity index (χ0v) is 12.5. The quantitative estimate of drug-likeness (QED) is 0.936. The van der Waals surface area contributed by atoms with E-state index in [1.807, 2.05) is 6.07 Å².